The lowest BCUT2D eigenvalue weighted by Crippen LogP contribution is -2.29. The molecule has 0 saturated heterocycles. The first-order chi connectivity index (χ1) is 14.4. The third-order valence-electron chi connectivity index (χ3n) is 5.41. The van der Waals surface area contributed by atoms with Gasteiger partial charge in [-0.1, -0.05) is 57.0 Å². The lowest BCUT2D eigenvalue weighted by molar-refractivity contribution is -0.120. The van der Waals surface area contributed by atoms with Crippen molar-refractivity contribution >= 4 is 23.2 Å². The molecule has 2 amide bonds. The van der Waals surface area contributed by atoms with Crippen molar-refractivity contribution in [2.75, 3.05) is 24.3 Å². The molecule has 0 fully saturated rings. The Morgan fingerprint density at radius 1 is 1.03 bits per heavy atom. The van der Waals surface area contributed by atoms with Crippen molar-refractivity contribution in [2.45, 2.75) is 52.5 Å². The molecule has 0 bridgehead atoms. The van der Waals surface area contributed by atoms with Crippen LogP contribution in [0.3, 0.4) is 0 Å². The molecule has 0 aliphatic carbocycles. The number of amides is 2. The van der Waals surface area contributed by atoms with Gasteiger partial charge in [0.25, 0.3) is 5.91 Å². The van der Waals surface area contributed by atoms with Crippen molar-refractivity contribution in [1.29, 1.82) is 0 Å². The Bertz CT molecular complexity index is 834. The number of unbranched alkanes of at least 4 members (excludes halogenated alkanes) is 1. The Morgan fingerprint density at radius 2 is 1.73 bits per heavy atom. The average molecular weight is 410 g/mol. The fourth-order valence-electron chi connectivity index (χ4n) is 3.50. The molecule has 5 heteroatoms. The van der Waals surface area contributed by atoms with Crippen molar-refractivity contribution in [3.63, 3.8) is 0 Å². The molecule has 2 N–H and O–H groups in total. The molecule has 0 aromatic heterocycles. The molecule has 2 aromatic rings. The van der Waals surface area contributed by atoms with Gasteiger partial charge in [-0.05, 0) is 43.5 Å². The van der Waals surface area contributed by atoms with Gasteiger partial charge in [-0.15, -0.1) is 0 Å². The average Bonchev–Trinajstić information content (AvgIpc) is 2.74. The molecular formula is C25H35N3O2. The molecule has 0 heterocycles. The fraction of sp³-hybridized carbons (Fsp3) is 0.440. The third kappa shape index (κ3) is 6.34. The van der Waals surface area contributed by atoms with Crippen molar-refractivity contribution in [3.05, 3.63) is 59.7 Å². The predicted octanol–water partition coefficient (Wildman–Crippen LogP) is 5.40. The van der Waals surface area contributed by atoms with Crippen LogP contribution in [0.4, 0.5) is 11.4 Å². The Morgan fingerprint density at radius 3 is 2.33 bits per heavy atom. The van der Waals surface area contributed by atoms with Gasteiger partial charge in [-0.3, -0.25) is 9.59 Å². The molecule has 5 nitrogen and oxygen atoms in total. The molecule has 0 aliphatic heterocycles. The molecule has 2 unspecified atom stereocenters. The zero-order chi connectivity index (χ0) is 22.1. The van der Waals surface area contributed by atoms with E-state index in [9.17, 15) is 9.59 Å². The number of hydrogen-bond acceptors (Lipinski definition) is 3. The Balaban J connectivity index is 2.21. The highest BCUT2D eigenvalue weighted by Gasteiger charge is 2.19. The van der Waals surface area contributed by atoms with Gasteiger partial charge in [0, 0.05) is 31.4 Å². The monoisotopic (exact) mass is 409 g/mol. The number of nitrogens with one attached hydrogen (secondary N) is 2. The number of carbonyl (C=O) groups excluding carboxylic acids is 2. The summed E-state index contributed by atoms with van der Waals surface area (Å²) in [5.41, 5.74) is 3.05. The van der Waals surface area contributed by atoms with Crippen molar-refractivity contribution in [2.24, 2.45) is 5.92 Å². The molecule has 0 radical (unpaired) electrons. The molecule has 162 valence electrons. The summed E-state index contributed by atoms with van der Waals surface area (Å²) in [6.45, 7) is 6.14. The Labute approximate surface area is 180 Å². The second-order valence-corrected chi connectivity index (χ2v) is 7.97. The molecular weight excluding hydrogens is 374 g/mol. The summed E-state index contributed by atoms with van der Waals surface area (Å²) in [5.74, 6) is -0.148. The van der Waals surface area contributed by atoms with Crippen LogP contribution in [0, 0.1) is 5.92 Å². The molecule has 0 saturated carbocycles. The number of anilines is 2. The normalized spacial score (nSPS) is 12.7. The first-order valence-corrected chi connectivity index (χ1v) is 10.8. The van der Waals surface area contributed by atoms with E-state index in [0.717, 1.165) is 36.9 Å². The highest BCUT2D eigenvalue weighted by Crippen LogP contribution is 2.25. The highest BCUT2D eigenvalue weighted by atomic mass is 16.2. The van der Waals surface area contributed by atoms with Gasteiger partial charge in [0.15, 0.2) is 0 Å². The summed E-state index contributed by atoms with van der Waals surface area (Å²) in [6.07, 6.45) is 3.81. The standard InChI is InChI=1S/C25H35N3O2/c1-6-8-12-19(7-2)24(29)27-21-15-16-23(28(4)5)22(17-21)25(30)26-18(3)20-13-10-9-11-14-20/h9-11,13-19H,6-8,12H2,1-5H3,(H,26,30)(H,27,29). The second kappa shape index (κ2) is 11.4. The van der Waals surface area contributed by atoms with Crippen LogP contribution >= 0.6 is 0 Å². The summed E-state index contributed by atoms with van der Waals surface area (Å²) in [5, 5.41) is 6.08. The van der Waals surface area contributed by atoms with Crippen LogP contribution in [-0.4, -0.2) is 25.9 Å². The predicted molar refractivity (Wildman–Crippen MR) is 125 cm³/mol. The minimum atomic E-state index is -0.163. The molecule has 2 rings (SSSR count). The van der Waals surface area contributed by atoms with E-state index in [1.807, 2.05) is 75.3 Å². The minimum absolute atomic E-state index is 0.00569. The van der Waals surface area contributed by atoms with Crippen LogP contribution in [0.15, 0.2) is 48.5 Å². The van der Waals surface area contributed by atoms with Crippen molar-refractivity contribution in [3.8, 4) is 0 Å². The van der Waals surface area contributed by atoms with Gasteiger partial charge >= 0.3 is 0 Å². The number of nitrogens with zero attached hydrogens (tertiary/aromatic N) is 1. The lowest BCUT2D eigenvalue weighted by atomic mass is 9.98. The minimum Gasteiger partial charge on any atom is -0.377 e. The second-order valence-electron chi connectivity index (χ2n) is 7.97. The van der Waals surface area contributed by atoms with E-state index in [1.54, 1.807) is 6.07 Å². The van der Waals surface area contributed by atoms with E-state index in [0.29, 0.717) is 11.3 Å². The summed E-state index contributed by atoms with van der Waals surface area (Å²) < 4.78 is 0. The number of benzene rings is 2. The molecule has 2 atom stereocenters. The topological polar surface area (TPSA) is 61.4 Å². The van der Waals surface area contributed by atoms with Gasteiger partial charge < -0.3 is 15.5 Å². The first-order valence-electron chi connectivity index (χ1n) is 10.8. The molecule has 30 heavy (non-hydrogen) atoms. The van der Waals surface area contributed by atoms with E-state index in [-0.39, 0.29) is 23.8 Å². The number of hydrogen-bond donors (Lipinski definition) is 2. The SMILES string of the molecule is CCCCC(CC)C(=O)Nc1ccc(N(C)C)c(C(=O)NC(C)c2ccccc2)c1. The summed E-state index contributed by atoms with van der Waals surface area (Å²) in [6, 6.07) is 15.3. The van der Waals surface area contributed by atoms with Crippen LogP contribution in [0.2, 0.25) is 0 Å². The maximum atomic E-state index is 13.1. The van der Waals surface area contributed by atoms with Gasteiger partial charge in [-0.25, -0.2) is 0 Å². The van der Waals surface area contributed by atoms with Crippen molar-refractivity contribution in [1.82, 2.24) is 5.32 Å². The van der Waals surface area contributed by atoms with Gasteiger partial charge in [-0.2, -0.15) is 0 Å². The van der Waals surface area contributed by atoms with Crippen LogP contribution in [0.5, 0.6) is 0 Å². The van der Waals surface area contributed by atoms with E-state index >= 15 is 0 Å². The molecule has 0 aliphatic rings. The summed E-state index contributed by atoms with van der Waals surface area (Å²) in [4.78, 5) is 27.7. The fourth-order valence-corrected chi connectivity index (χ4v) is 3.50. The maximum Gasteiger partial charge on any atom is 0.253 e. The molecule has 0 spiro atoms. The van der Waals surface area contributed by atoms with Crippen LogP contribution in [0.1, 0.15) is 68.4 Å². The maximum absolute atomic E-state index is 13.1. The number of rotatable bonds is 10. The lowest BCUT2D eigenvalue weighted by Gasteiger charge is -2.21. The van der Waals surface area contributed by atoms with Crippen molar-refractivity contribution < 1.29 is 9.59 Å². The highest BCUT2D eigenvalue weighted by molar-refractivity contribution is 6.02. The largest absolute Gasteiger partial charge is 0.377 e. The van der Waals surface area contributed by atoms with Crippen LogP contribution in [-0.2, 0) is 4.79 Å². The third-order valence-corrected chi connectivity index (χ3v) is 5.41. The Hall–Kier alpha value is -2.82. The zero-order valence-corrected chi connectivity index (χ0v) is 18.9. The quantitative estimate of drug-likeness (QED) is 0.552. The van der Waals surface area contributed by atoms with Gasteiger partial charge in [0.05, 0.1) is 11.6 Å². The van der Waals surface area contributed by atoms with E-state index < -0.39 is 0 Å². The van der Waals surface area contributed by atoms with E-state index in [4.69, 9.17) is 0 Å². The van der Waals surface area contributed by atoms with Crippen LogP contribution in [0.25, 0.3) is 0 Å². The smallest absolute Gasteiger partial charge is 0.253 e. The summed E-state index contributed by atoms with van der Waals surface area (Å²) >= 11 is 0. The van der Waals surface area contributed by atoms with Gasteiger partial charge in [0.2, 0.25) is 5.91 Å². The van der Waals surface area contributed by atoms with E-state index in [2.05, 4.69) is 17.6 Å². The zero-order valence-electron chi connectivity index (χ0n) is 18.9. The Kier molecular flexibility index (Phi) is 8.90. The first kappa shape index (κ1) is 23.5. The van der Waals surface area contributed by atoms with Gasteiger partial charge in [0.1, 0.15) is 0 Å². The van der Waals surface area contributed by atoms with E-state index in [1.165, 1.54) is 0 Å². The molecule has 2 aromatic carbocycles. The summed E-state index contributed by atoms with van der Waals surface area (Å²) in [7, 11) is 3.81. The number of carbonyl (C=O) groups is 2. The van der Waals surface area contributed by atoms with Crippen LogP contribution < -0.4 is 15.5 Å².